The highest BCUT2D eigenvalue weighted by molar-refractivity contribution is 7.01. The van der Waals surface area contributed by atoms with E-state index in [0.717, 1.165) is 37.6 Å². The first-order valence-corrected chi connectivity index (χ1v) is 32.9. The third kappa shape index (κ3) is 22.5. The summed E-state index contributed by atoms with van der Waals surface area (Å²) in [6, 6.07) is 10.4. The van der Waals surface area contributed by atoms with Crippen LogP contribution in [-0.4, -0.2) is 56.9 Å². The molecule has 0 amide bonds. The fraction of sp³-hybridized carbons (Fsp3) is 0.812. The molecule has 0 bridgehead atoms. The summed E-state index contributed by atoms with van der Waals surface area (Å²) >= 11 is 0. The standard InChI is InChI=1S/C64H116N2O2Si/c1-9-15-21-25-29-33-37-41-47-65(48-42-38-34-30-26-22-16-10-2)69(66(49-43-39-35-31-27-23-17-11-3)50-44-40-36-32-28-24-18-12-4)63-53-57(7)61(67-51-45-19-13-5)55-59(63)60-56-62(58(8)54-64(60)69)68-52-46-20-14-6/h53-56H,9-52H2,1-8H3. The SMILES string of the molecule is CCCCCCCCCCN(CCCCCCCCCC)[Si]1(N(CCCCCCCCCC)CCCCCCCCCC)c2cc(C)c(OCCCCC)cc2-c2cc(OCCCCC)c(C)cc21. The van der Waals surface area contributed by atoms with Crippen molar-refractivity contribution in [2.45, 2.75) is 299 Å². The van der Waals surface area contributed by atoms with Gasteiger partial charge in [0.25, 0.3) is 8.40 Å². The van der Waals surface area contributed by atoms with Crippen molar-refractivity contribution < 1.29 is 9.47 Å². The minimum Gasteiger partial charge on any atom is -0.493 e. The predicted molar refractivity (Wildman–Crippen MR) is 310 cm³/mol. The lowest BCUT2D eigenvalue weighted by Gasteiger charge is -2.49. The Morgan fingerprint density at radius 2 is 0.536 bits per heavy atom. The molecule has 0 spiro atoms. The van der Waals surface area contributed by atoms with Crippen molar-refractivity contribution in [2.75, 3.05) is 39.4 Å². The lowest BCUT2D eigenvalue weighted by Crippen LogP contribution is -2.78. The van der Waals surface area contributed by atoms with E-state index >= 15 is 0 Å². The molecule has 0 fully saturated rings. The molecule has 0 saturated heterocycles. The number of aryl methyl sites for hydroxylation is 2. The van der Waals surface area contributed by atoms with Gasteiger partial charge in [0.2, 0.25) is 0 Å². The molecule has 0 N–H and O–H groups in total. The average Bonchev–Trinajstić information content (AvgIpc) is 3.61. The Labute approximate surface area is 432 Å². The predicted octanol–water partition coefficient (Wildman–Crippen LogP) is 19.1. The molecule has 0 aliphatic carbocycles. The molecule has 1 aliphatic rings. The quantitative estimate of drug-likeness (QED) is 0.0487. The zero-order valence-corrected chi connectivity index (χ0v) is 48.6. The topological polar surface area (TPSA) is 24.9 Å². The third-order valence-corrected chi connectivity index (χ3v) is 20.8. The number of benzene rings is 2. The van der Waals surface area contributed by atoms with Crippen molar-refractivity contribution in [2.24, 2.45) is 0 Å². The van der Waals surface area contributed by atoms with Gasteiger partial charge in [-0.05, 0) is 123 Å². The Balaban J connectivity index is 2.23. The summed E-state index contributed by atoms with van der Waals surface area (Å²) in [5, 5.41) is 3.33. The lowest BCUT2D eigenvalue weighted by atomic mass is 10.0. The molecule has 5 heteroatoms. The van der Waals surface area contributed by atoms with Crippen LogP contribution in [-0.2, 0) is 0 Å². The fourth-order valence-corrected chi connectivity index (χ4v) is 17.4. The van der Waals surface area contributed by atoms with Crippen LogP contribution >= 0.6 is 0 Å². The highest BCUT2D eigenvalue weighted by Gasteiger charge is 2.55. The van der Waals surface area contributed by atoms with Gasteiger partial charge in [-0.2, -0.15) is 0 Å². The molecular formula is C64H116N2O2Si. The Hall–Kier alpha value is -1.82. The molecule has 4 nitrogen and oxygen atoms in total. The molecule has 0 saturated carbocycles. The van der Waals surface area contributed by atoms with Gasteiger partial charge in [-0.25, -0.2) is 0 Å². The number of hydrogen-bond donors (Lipinski definition) is 0. The smallest absolute Gasteiger partial charge is 0.274 e. The molecule has 398 valence electrons. The largest absolute Gasteiger partial charge is 0.493 e. The van der Waals surface area contributed by atoms with Gasteiger partial charge in [0.05, 0.1) is 13.2 Å². The van der Waals surface area contributed by atoms with Gasteiger partial charge in [0.1, 0.15) is 11.5 Å². The molecule has 2 aromatic rings. The number of fused-ring (bicyclic) bond motifs is 3. The number of rotatable bonds is 48. The van der Waals surface area contributed by atoms with Crippen LogP contribution in [0.15, 0.2) is 24.3 Å². The second-order valence-corrected chi connectivity index (χ2v) is 25.7. The first-order chi connectivity index (χ1) is 33.9. The molecule has 0 unspecified atom stereocenters. The minimum atomic E-state index is -2.72. The zero-order valence-electron chi connectivity index (χ0n) is 47.6. The van der Waals surface area contributed by atoms with Crippen molar-refractivity contribution >= 4 is 18.8 Å². The molecule has 0 atom stereocenters. The Morgan fingerprint density at radius 1 is 0.304 bits per heavy atom. The molecule has 2 aromatic carbocycles. The van der Waals surface area contributed by atoms with Crippen molar-refractivity contribution in [3.8, 4) is 22.6 Å². The van der Waals surface area contributed by atoms with Crippen LogP contribution < -0.4 is 19.8 Å². The second kappa shape index (κ2) is 39.7. The van der Waals surface area contributed by atoms with Gasteiger partial charge in [-0.1, -0.05) is 259 Å². The van der Waals surface area contributed by atoms with Crippen LogP contribution in [0.1, 0.15) is 297 Å². The summed E-state index contributed by atoms with van der Waals surface area (Å²) in [4.78, 5) is 0. The van der Waals surface area contributed by atoms with E-state index in [2.05, 4.69) is 88.8 Å². The van der Waals surface area contributed by atoms with Gasteiger partial charge < -0.3 is 18.6 Å². The summed E-state index contributed by atoms with van der Waals surface area (Å²) < 4.78 is 20.0. The van der Waals surface area contributed by atoms with Crippen LogP contribution in [0.2, 0.25) is 0 Å². The van der Waals surface area contributed by atoms with Crippen LogP contribution in [0.3, 0.4) is 0 Å². The summed E-state index contributed by atoms with van der Waals surface area (Å²) in [7, 11) is -2.72. The van der Waals surface area contributed by atoms with E-state index in [1.54, 1.807) is 10.4 Å². The van der Waals surface area contributed by atoms with Gasteiger partial charge >= 0.3 is 0 Å². The summed E-state index contributed by atoms with van der Waals surface area (Å²) in [6.07, 6.45) is 51.0. The number of hydrogen-bond acceptors (Lipinski definition) is 4. The van der Waals surface area contributed by atoms with E-state index < -0.39 is 8.40 Å². The highest BCUT2D eigenvalue weighted by Crippen LogP contribution is 2.40. The van der Waals surface area contributed by atoms with Gasteiger partial charge in [-0.3, -0.25) is 0 Å². The Bertz CT molecular complexity index is 1390. The monoisotopic (exact) mass is 973 g/mol. The van der Waals surface area contributed by atoms with Crippen LogP contribution in [0.25, 0.3) is 11.1 Å². The Morgan fingerprint density at radius 3 is 0.797 bits per heavy atom. The van der Waals surface area contributed by atoms with E-state index in [0.29, 0.717) is 0 Å². The van der Waals surface area contributed by atoms with Crippen molar-refractivity contribution in [1.29, 1.82) is 0 Å². The third-order valence-electron chi connectivity index (χ3n) is 15.7. The molecule has 1 heterocycles. The second-order valence-electron chi connectivity index (χ2n) is 22.0. The van der Waals surface area contributed by atoms with E-state index in [-0.39, 0.29) is 0 Å². The Kier molecular flexibility index (Phi) is 35.3. The van der Waals surface area contributed by atoms with Crippen LogP contribution in [0.4, 0.5) is 0 Å². The minimum absolute atomic E-state index is 0.800. The van der Waals surface area contributed by atoms with E-state index in [9.17, 15) is 0 Å². The van der Waals surface area contributed by atoms with E-state index in [4.69, 9.17) is 9.47 Å². The number of nitrogens with zero attached hydrogens (tertiary/aromatic N) is 2. The first kappa shape index (κ1) is 61.5. The van der Waals surface area contributed by atoms with E-state index in [1.807, 2.05) is 0 Å². The van der Waals surface area contributed by atoms with Crippen molar-refractivity contribution in [3.63, 3.8) is 0 Å². The van der Waals surface area contributed by atoms with Crippen molar-refractivity contribution in [3.05, 3.63) is 35.4 Å². The summed E-state index contributed by atoms with van der Waals surface area (Å²) in [6.45, 7) is 25.2. The molecule has 69 heavy (non-hydrogen) atoms. The number of ether oxygens (including phenoxy) is 2. The normalized spacial score (nSPS) is 13.0. The maximum atomic E-state index is 6.78. The highest BCUT2D eigenvalue weighted by atomic mass is 28.3. The molecule has 0 radical (unpaired) electrons. The average molecular weight is 974 g/mol. The zero-order chi connectivity index (χ0) is 49.6. The van der Waals surface area contributed by atoms with Crippen LogP contribution in [0, 0.1) is 13.8 Å². The molecular weight excluding hydrogens is 857 g/mol. The molecule has 3 rings (SSSR count). The lowest BCUT2D eigenvalue weighted by molar-refractivity contribution is 0.304. The fourth-order valence-electron chi connectivity index (χ4n) is 11.4. The maximum Gasteiger partial charge on any atom is 0.274 e. The molecule has 1 aliphatic heterocycles. The first-order valence-electron chi connectivity index (χ1n) is 31.0. The molecule has 0 aromatic heterocycles. The van der Waals surface area contributed by atoms with Crippen molar-refractivity contribution in [1.82, 2.24) is 9.13 Å². The van der Waals surface area contributed by atoms with Gasteiger partial charge in [-0.15, -0.1) is 0 Å². The van der Waals surface area contributed by atoms with E-state index in [1.165, 1.54) is 280 Å². The maximum absolute atomic E-state index is 6.78. The van der Waals surface area contributed by atoms with Gasteiger partial charge in [0.15, 0.2) is 0 Å². The summed E-state index contributed by atoms with van der Waals surface area (Å²) in [5.41, 5.74) is 5.58. The summed E-state index contributed by atoms with van der Waals surface area (Å²) in [5.74, 6) is 2.20. The van der Waals surface area contributed by atoms with Crippen LogP contribution in [0.5, 0.6) is 11.5 Å². The van der Waals surface area contributed by atoms with Gasteiger partial charge in [0, 0.05) is 0 Å². The number of unbranched alkanes of at least 4 members (excludes halogenated alkanes) is 32.